The Morgan fingerprint density at radius 3 is 1.61 bits per heavy atom. The van der Waals surface area contributed by atoms with Crippen LogP contribution in [0, 0.1) is 0 Å². The van der Waals surface area contributed by atoms with Gasteiger partial charge in [0.1, 0.15) is 0 Å². The second-order valence-corrected chi connectivity index (χ2v) is 16.2. The Kier molecular flexibility index (Phi) is 6.73. The van der Waals surface area contributed by atoms with Crippen molar-refractivity contribution in [3.63, 3.8) is 0 Å². The second-order valence-electron chi connectivity index (χ2n) is 5.60. The van der Waals surface area contributed by atoms with Gasteiger partial charge in [0.05, 0.1) is 0 Å². The predicted molar refractivity (Wildman–Crippen MR) is 115 cm³/mol. The van der Waals surface area contributed by atoms with E-state index in [1.54, 1.807) is 48.5 Å². The summed E-state index contributed by atoms with van der Waals surface area (Å²) in [6.45, 7) is 0. The van der Waals surface area contributed by atoms with E-state index in [1.807, 2.05) is 24.3 Å². The third-order valence-corrected chi connectivity index (χ3v) is 15.8. The van der Waals surface area contributed by atoms with Crippen LogP contribution in [0.3, 0.4) is 0 Å². The Bertz CT molecular complexity index is 969. The van der Waals surface area contributed by atoms with Crippen molar-refractivity contribution < 1.29 is 19.8 Å². The van der Waals surface area contributed by atoms with Gasteiger partial charge < -0.3 is 0 Å². The number of hydrogen-bond acceptors (Lipinski definition) is 5. The number of hydrogen-bond donors (Lipinski definition) is 3. The summed E-state index contributed by atoms with van der Waals surface area (Å²) >= 11 is -2.13. The standard InChI is InChI=1S/C20H16AsNO4S2/c22-16-10-4-3-9-15(16)21(27-17-11-5-1-7-13(17)19(23)24)28-18-12-6-2-8-14(18)20(25)26/h1-12H,22H2,(H,23,24)(H,25,26). The molecule has 0 heterocycles. The number of anilines is 1. The van der Waals surface area contributed by atoms with Crippen LogP contribution in [0.25, 0.3) is 0 Å². The molecule has 0 aliphatic rings. The van der Waals surface area contributed by atoms with Crippen molar-refractivity contribution in [2.24, 2.45) is 0 Å². The topological polar surface area (TPSA) is 101 Å². The molecule has 0 bridgehead atoms. The summed E-state index contributed by atoms with van der Waals surface area (Å²) in [4.78, 5) is 24.5. The van der Waals surface area contributed by atoms with Crippen LogP contribution in [0.5, 0.6) is 0 Å². The molecule has 28 heavy (non-hydrogen) atoms. The molecule has 0 saturated carbocycles. The molecule has 142 valence electrons. The minimum absolute atomic E-state index is 0.230. The zero-order valence-corrected chi connectivity index (χ0v) is 18.0. The van der Waals surface area contributed by atoms with Crippen molar-refractivity contribution in [1.82, 2.24) is 0 Å². The van der Waals surface area contributed by atoms with Gasteiger partial charge in [0.2, 0.25) is 0 Å². The maximum atomic E-state index is 11.6. The molecule has 0 aromatic heterocycles. The van der Waals surface area contributed by atoms with E-state index in [1.165, 1.54) is 20.0 Å². The molecule has 8 heteroatoms. The van der Waals surface area contributed by atoms with Crippen LogP contribution in [0.4, 0.5) is 5.69 Å². The van der Waals surface area contributed by atoms with Crippen molar-refractivity contribution in [3.8, 4) is 0 Å². The van der Waals surface area contributed by atoms with Gasteiger partial charge in [-0.1, -0.05) is 0 Å². The second kappa shape index (κ2) is 9.24. The van der Waals surface area contributed by atoms with Crippen LogP contribution in [0.15, 0.2) is 82.6 Å². The number of carboxylic acid groups (broad SMARTS) is 2. The molecule has 3 rings (SSSR count). The maximum absolute atomic E-state index is 11.6. The zero-order chi connectivity index (χ0) is 20.1. The molecule has 4 N–H and O–H groups in total. The fourth-order valence-corrected chi connectivity index (χ4v) is 15.3. The van der Waals surface area contributed by atoms with Crippen molar-refractivity contribution in [2.45, 2.75) is 9.79 Å². The zero-order valence-electron chi connectivity index (χ0n) is 14.5. The average molecular weight is 473 g/mol. The van der Waals surface area contributed by atoms with Crippen LogP contribution >= 0.6 is 20.0 Å². The summed E-state index contributed by atoms with van der Waals surface area (Å²) in [7, 11) is 2.96. The predicted octanol–water partition coefficient (Wildman–Crippen LogP) is 3.95. The molecule has 0 radical (unpaired) electrons. The van der Waals surface area contributed by atoms with E-state index in [-0.39, 0.29) is 11.1 Å². The Labute approximate surface area is 173 Å². The first kappa shape index (κ1) is 20.4. The molecule has 3 aromatic carbocycles. The summed E-state index contributed by atoms with van der Waals surface area (Å²) < 4.78 is 0.949. The van der Waals surface area contributed by atoms with Crippen LogP contribution in [0.1, 0.15) is 20.7 Å². The Balaban J connectivity index is 2.04. The van der Waals surface area contributed by atoms with Gasteiger partial charge in [-0.15, -0.1) is 0 Å². The summed E-state index contributed by atoms with van der Waals surface area (Å²) in [5.74, 6) is -1.98. The Morgan fingerprint density at radius 2 is 1.14 bits per heavy atom. The number of aromatic carboxylic acids is 2. The fraction of sp³-hybridized carbons (Fsp3) is 0. The van der Waals surface area contributed by atoms with Gasteiger partial charge in [0.15, 0.2) is 0 Å². The van der Waals surface area contributed by atoms with Crippen molar-refractivity contribution in [3.05, 3.63) is 83.9 Å². The van der Waals surface area contributed by atoms with Crippen molar-refractivity contribution in [2.75, 3.05) is 5.73 Å². The molecule has 0 atom stereocenters. The summed E-state index contributed by atoms with van der Waals surface area (Å²) in [6, 6.07) is 21.1. The van der Waals surface area contributed by atoms with E-state index >= 15 is 0 Å². The molecular formula is C20H16AsNO4S2. The van der Waals surface area contributed by atoms with Gasteiger partial charge in [0, 0.05) is 0 Å². The van der Waals surface area contributed by atoms with E-state index < -0.39 is 24.3 Å². The molecular weight excluding hydrogens is 457 g/mol. The Hall–Kier alpha value is -2.34. The number of nitrogen functional groups attached to an aromatic ring is 1. The average Bonchev–Trinajstić information content (AvgIpc) is 2.68. The molecule has 0 fully saturated rings. The number of para-hydroxylation sites is 1. The van der Waals surface area contributed by atoms with Gasteiger partial charge in [-0.3, -0.25) is 0 Å². The quantitative estimate of drug-likeness (QED) is 0.353. The van der Waals surface area contributed by atoms with Crippen LogP contribution < -0.4 is 10.1 Å². The molecule has 0 aliphatic heterocycles. The monoisotopic (exact) mass is 473 g/mol. The molecule has 0 unspecified atom stereocenters. The minimum atomic E-state index is -2.13. The number of carbonyl (C=O) groups is 2. The van der Waals surface area contributed by atoms with Crippen molar-refractivity contribution in [1.29, 1.82) is 0 Å². The van der Waals surface area contributed by atoms with Crippen LogP contribution in [0.2, 0.25) is 0 Å². The normalized spacial score (nSPS) is 10.8. The number of nitrogens with two attached hydrogens (primary N) is 1. The summed E-state index contributed by atoms with van der Waals surface area (Å²) in [5.41, 5.74) is 7.29. The number of rotatable bonds is 7. The van der Waals surface area contributed by atoms with E-state index in [9.17, 15) is 19.8 Å². The van der Waals surface area contributed by atoms with Crippen LogP contribution in [-0.2, 0) is 0 Å². The molecule has 0 saturated heterocycles. The first-order valence-electron chi connectivity index (χ1n) is 8.12. The number of benzene rings is 3. The van der Waals surface area contributed by atoms with E-state index in [0.29, 0.717) is 15.5 Å². The van der Waals surface area contributed by atoms with E-state index in [2.05, 4.69) is 0 Å². The summed E-state index contributed by atoms with van der Waals surface area (Å²) in [6.07, 6.45) is 0. The molecule has 0 amide bonds. The van der Waals surface area contributed by atoms with Gasteiger partial charge >= 0.3 is 174 Å². The third kappa shape index (κ3) is 4.73. The Morgan fingerprint density at radius 1 is 0.714 bits per heavy atom. The number of carboxylic acids is 2. The molecule has 3 aromatic rings. The third-order valence-electron chi connectivity index (χ3n) is 3.73. The van der Waals surface area contributed by atoms with E-state index in [4.69, 9.17) is 5.73 Å². The SMILES string of the molecule is Nc1ccccc1[As](Sc1ccccc1C(=O)O)Sc1ccccc1C(=O)O. The first-order valence-corrected chi connectivity index (χ1v) is 15.2. The van der Waals surface area contributed by atoms with E-state index in [0.717, 1.165) is 4.35 Å². The molecule has 0 spiro atoms. The fourth-order valence-electron chi connectivity index (χ4n) is 2.40. The first-order chi connectivity index (χ1) is 13.5. The van der Waals surface area contributed by atoms with Gasteiger partial charge in [-0.05, 0) is 0 Å². The van der Waals surface area contributed by atoms with Gasteiger partial charge in [0.25, 0.3) is 0 Å². The van der Waals surface area contributed by atoms with Crippen molar-refractivity contribution >= 4 is 54.4 Å². The molecule has 5 nitrogen and oxygen atoms in total. The van der Waals surface area contributed by atoms with Crippen LogP contribution in [-0.4, -0.2) is 34.5 Å². The molecule has 0 aliphatic carbocycles. The van der Waals surface area contributed by atoms with Gasteiger partial charge in [-0.25, -0.2) is 0 Å². The van der Waals surface area contributed by atoms with Gasteiger partial charge in [-0.2, -0.15) is 0 Å². The summed E-state index contributed by atoms with van der Waals surface area (Å²) in [5, 5.41) is 19.0.